The third kappa shape index (κ3) is 3.77. The zero-order chi connectivity index (χ0) is 15.7. The Bertz CT molecular complexity index is 539. The summed E-state index contributed by atoms with van der Waals surface area (Å²) < 4.78 is 12.7. The van der Waals surface area contributed by atoms with Gasteiger partial charge in [0.2, 0.25) is 0 Å². The smallest absolute Gasteiger partial charge is 0.487 e. The summed E-state index contributed by atoms with van der Waals surface area (Å²) in [5, 5.41) is 0. The number of rotatable bonds is 1. The van der Waals surface area contributed by atoms with Gasteiger partial charge in [0.25, 0.3) is 0 Å². The second-order valence-corrected chi connectivity index (χ2v) is 7.34. The summed E-state index contributed by atoms with van der Waals surface area (Å²) in [6.07, 6.45) is -0.179. The number of fused-ring (bicyclic) bond motifs is 1. The lowest BCUT2D eigenvalue weighted by atomic mass is 10.1. The molecule has 1 aliphatic rings. The monoisotopic (exact) mass is 356 g/mol. The molecule has 0 radical (unpaired) electrons. The topological polar surface area (TPSA) is 35.5 Å². The number of ether oxygens (including phenoxy) is 2. The van der Waals surface area contributed by atoms with Crippen LogP contribution < -0.4 is 4.74 Å². The highest BCUT2D eigenvalue weighted by Crippen LogP contribution is 2.31. The standard InChI is InChI=1S/C16H23BrNO3/c1-5-18(15(19)21-16(2,3)4)8-9-20-14-7-6-13(17)10-12(14)11-18/h6-7,10H,5,8-9,11H2,1-4H3/q+1. The van der Waals surface area contributed by atoms with Crippen LogP contribution in [-0.4, -0.2) is 35.9 Å². The van der Waals surface area contributed by atoms with Crippen LogP contribution in [0.1, 0.15) is 33.3 Å². The van der Waals surface area contributed by atoms with Crippen LogP contribution in [0.25, 0.3) is 0 Å². The molecule has 0 fully saturated rings. The Morgan fingerprint density at radius 1 is 1.43 bits per heavy atom. The van der Waals surface area contributed by atoms with Gasteiger partial charge in [0.15, 0.2) is 0 Å². The van der Waals surface area contributed by atoms with Crippen LogP contribution in [0.15, 0.2) is 22.7 Å². The highest BCUT2D eigenvalue weighted by atomic mass is 79.9. The number of nitrogens with zero attached hydrogens (tertiary/aromatic N) is 1. The van der Waals surface area contributed by atoms with Crippen molar-refractivity contribution in [3.63, 3.8) is 0 Å². The van der Waals surface area contributed by atoms with Gasteiger partial charge in [-0.25, -0.2) is 4.48 Å². The van der Waals surface area contributed by atoms with E-state index in [0.717, 1.165) is 15.8 Å². The second-order valence-electron chi connectivity index (χ2n) is 6.42. The Kier molecular flexibility index (Phi) is 4.63. The van der Waals surface area contributed by atoms with Crippen LogP contribution in [0.2, 0.25) is 0 Å². The molecular weight excluding hydrogens is 334 g/mol. The SMILES string of the molecule is CC[N+]1(C(=O)OC(C)(C)C)CCOc2ccc(Br)cc2C1. The normalized spacial score (nSPS) is 22.0. The van der Waals surface area contributed by atoms with Gasteiger partial charge >= 0.3 is 6.09 Å². The molecule has 0 spiro atoms. The number of carbonyl (C=O) groups excluding carboxylic acids is 1. The van der Waals surface area contributed by atoms with Gasteiger partial charge in [-0.3, -0.25) is 0 Å². The summed E-state index contributed by atoms with van der Waals surface area (Å²) >= 11 is 3.48. The molecule has 5 heteroatoms. The Morgan fingerprint density at radius 2 is 2.14 bits per heavy atom. The Morgan fingerprint density at radius 3 is 2.76 bits per heavy atom. The van der Waals surface area contributed by atoms with Crippen molar-refractivity contribution >= 4 is 22.0 Å². The molecule has 1 aliphatic heterocycles. The predicted molar refractivity (Wildman–Crippen MR) is 85.2 cm³/mol. The van der Waals surface area contributed by atoms with Gasteiger partial charge in [-0.1, -0.05) is 15.9 Å². The number of likely N-dealkylation sites (N-methyl/N-ethyl adjacent to an activating group) is 1. The van der Waals surface area contributed by atoms with E-state index in [1.54, 1.807) is 0 Å². The highest BCUT2D eigenvalue weighted by molar-refractivity contribution is 9.10. The first-order chi connectivity index (χ1) is 9.76. The molecule has 0 bridgehead atoms. The molecule has 1 unspecified atom stereocenters. The first kappa shape index (κ1) is 16.3. The maximum absolute atomic E-state index is 12.7. The summed E-state index contributed by atoms with van der Waals surface area (Å²) in [6.45, 7) is 10.1. The van der Waals surface area contributed by atoms with Gasteiger partial charge in [-0.2, -0.15) is 4.79 Å². The Balaban J connectivity index is 2.33. The lowest BCUT2D eigenvalue weighted by Gasteiger charge is -2.34. The lowest BCUT2D eigenvalue weighted by molar-refractivity contribution is -0.869. The van der Waals surface area contributed by atoms with Crippen LogP contribution in [0.4, 0.5) is 4.79 Å². The molecule has 0 N–H and O–H groups in total. The van der Waals surface area contributed by atoms with E-state index in [4.69, 9.17) is 9.47 Å². The van der Waals surface area contributed by atoms with Crippen molar-refractivity contribution in [3.8, 4) is 5.75 Å². The van der Waals surface area contributed by atoms with E-state index >= 15 is 0 Å². The maximum Gasteiger partial charge on any atom is 0.516 e. The summed E-state index contributed by atoms with van der Waals surface area (Å²) in [7, 11) is 0. The molecule has 1 aromatic rings. The number of halogens is 1. The van der Waals surface area contributed by atoms with Gasteiger partial charge < -0.3 is 9.47 Å². The Labute approximate surface area is 134 Å². The van der Waals surface area contributed by atoms with Crippen molar-refractivity contribution in [1.82, 2.24) is 0 Å². The average Bonchev–Trinajstić information content (AvgIpc) is 2.56. The van der Waals surface area contributed by atoms with E-state index in [2.05, 4.69) is 15.9 Å². The molecule has 21 heavy (non-hydrogen) atoms. The zero-order valence-electron chi connectivity index (χ0n) is 13.1. The van der Waals surface area contributed by atoms with Crippen molar-refractivity contribution in [2.45, 2.75) is 39.8 Å². The van der Waals surface area contributed by atoms with Gasteiger partial charge in [-0.05, 0) is 45.9 Å². The van der Waals surface area contributed by atoms with Crippen molar-refractivity contribution in [1.29, 1.82) is 0 Å². The predicted octanol–water partition coefficient (Wildman–Crippen LogP) is 4.11. The van der Waals surface area contributed by atoms with Crippen LogP contribution in [-0.2, 0) is 11.3 Å². The minimum atomic E-state index is -0.481. The van der Waals surface area contributed by atoms with E-state index in [-0.39, 0.29) is 10.6 Å². The maximum atomic E-state index is 12.7. The first-order valence-electron chi connectivity index (χ1n) is 7.27. The fourth-order valence-corrected chi connectivity index (χ4v) is 2.87. The average molecular weight is 357 g/mol. The van der Waals surface area contributed by atoms with Crippen LogP contribution in [0.5, 0.6) is 5.75 Å². The lowest BCUT2D eigenvalue weighted by Crippen LogP contribution is -2.55. The molecule has 1 amide bonds. The molecule has 1 heterocycles. The highest BCUT2D eigenvalue weighted by Gasteiger charge is 2.41. The molecule has 0 saturated heterocycles. The summed E-state index contributed by atoms with van der Waals surface area (Å²) in [6, 6.07) is 5.93. The molecule has 2 rings (SSSR count). The van der Waals surface area contributed by atoms with Crippen molar-refractivity contribution < 1.29 is 18.8 Å². The third-order valence-corrected chi connectivity index (χ3v) is 4.15. The molecule has 116 valence electrons. The molecule has 0 saturated carbocycles. The first-order valence-corrected chi connectivity index (χ1v) is 8.06. The largest absolute Gasteiger partial charge is 0.516 e. The fourth-order valence-electron chi connectivity index (χ4n) is 2.46. The van der Waals surface area contributed by atoms with Gasteiger partial charge in [0.1, 0.15) is 31.0 Å². The van der Waals surface area contributed by atoms with E-state index in [1.165, 1.54) is 0 Å². The molecule has 1 aromatic carbocycles. The minimum absolute atomic E-state index is 0.179. The van der Waals surface area contributed by atoms with Crippen molar-refractivity contribution in [2.75, 3.05) is 19.7 Å². The van der Waals surface area contributed by atoms with E-state index < -0.39 is 5.60 Å². The number of hydrogen-bond donors (Lipinski definition) is 0. The Hall–Kier alpha value is -1.07. The van der Waals surface area contributed by atoms with Crippen LogP contribution in [0, 0.1) is 0 Å². The quantitative estimate of drug-likeness (QED) is 0.710. The fraction of sp³-hybridized carbons (Fsp3) is 0.562. The number of benzene rings is 1. The molecule has 0 aliphatic carbocycles. The van der Waals surface area contributed by atoms with E-state index in [1.807, 2.05) is 45.9 Å². The van der Waals surface area contributed by atoms with Gasteiger partial charge in [-0.15, -0.1) is 0 Å². The van der Waals surface area contributed by atoms with Gasteiger partial charge in [0.05, 0.1) is 12.1 Å². The number of quaternary nitrogens is 1. The molecule has 4 nitrogen and oxygen atoms in total. The van der Waals surface area contributed by atoms with Gasteiger partial charge in [0, 0.05) is 4.47 Å². The second kappa shape index (κ2) is 5.97. The third-order valence-electron chi connectivity index (χ3n) is 3.66. The van der Waals surface area contributed by atoms with E-state index in [0.29, 0.717) is 26.2 Å². The van der Waals surface area contributed by atoms with Crippen LogP contribution in [0.3, 0.4) is 0 Å². The summed E-state index contributed by atoms with van der Waals surface area (Å²) in [5.41, 5.74) is 0.555. The van der Waals surface area contributed by atoms with Crippen molar-refractivity contribution in [3.05, 3.63) is 28.2 Å². The number of amides is 1. The summed E-state index contributed by atoms with van der Waals surface area (Å²) in [4.78, 5) is 12.7. The minimum Gasteiger partial charge on any atom is -0.487 e. The zero-order valence-corrected chi connectivity index (χ0v) is 14.7. The molecule has 0 aromatic heterocycles. The summed E-state index contributed by atoms with van der Waals surface area (Å²) in [5.74, 6) is 0.857. The number of carbonyl (C=O) groups is 1. The van der Waals surface area contributed by atoms with E-state index in [9.17, 15) is 4.79 Å². The van der Waals surface area contributed by atoms with Crippen molar-refractivity contribution in [2.24, 2.45) is 0 Å². The molecule has 1 atom stereocenters. The molecular formula is C16H23BrNO3+. The number of hydrogen-bond acceptors (Lipinski definition) is 3. The van der Waals surface area contributed by atoms with Crippen LogP contribution >= 0.6 is 15.9 Å².